The molecule has 1 amide bonds. The third kappa shape index (κ3) is 4.27. The minimum Gasteiger partial charge on any atom is -0.458 e. The molecule has 6 atom stereocenters. The minimum absolute atomic E-state index is 0.0158. The Bertz CT molecular complexity index is 878. The van der Waals surface area contributed by atoms with Crippen LogP contribution >= 0.6 is 0 Å². The summed E-state index contributed by atoms with van der Waals surface area (Å²) in [6.07, 6.45) is 9.28. The number of fused-ring (bicyclic) bond motifs is 1. The van der Waals surface area contributed by atoms with Crippen LogP contribution in [0.25, 0.3) is 0 Å². The second kappa shape index (κ2) is 8.85. The molecule has 4 rings (SSSR count). The van der Waals surface area contributed by atoms with Crippen LogP contribution in [0.15, 0.2) is 36.0 Å². The first-order chi connectivity index (χ1) is 15.2. The van der Waals surface area contributed by atoms with Crippen molar-refractivity contribution in [3.63, 3.8) is 0 Å². The maximum absolute atomic E-state index is 13.1. The van der Waals surface area contributed by atoms with Crippen LogP contribution in [-0.2, 0) is 23.9 Å². The van der Waals surface area contributed by atoms with E-state index in [0.29, 0.717) is 18.6 Å². The van der Waals surface area contributed by atoms with Crippen molar-refractivity contribution in [2.75, 3.05) is 20.2 Å². The molecular formula is C25H34N2O5. The lowest BCUT2D eigenvalue weighted by Crippen LogP contribution is -2.57. The second-order valence-electron chi connectivity index (χ2n) is 9.92. The van der Waals surface area contributed by atoms with Crippen LogP contribution < -0.4 is 5.32 Å². The molecule has 4 aliphatic rings. The number of hydrogen-bond donors (Lipinski definition) is 1. The smallest absolute Gasteiger partial charge is 0.338 e. The number of rotatable bonds is 4. The number of cyclic esters (lactones) is 1. The highest BCUT2D eigenvalue weighted by atomic mass is 16.6. The van der Waals surface area contributed by atoms with Gasteiger partial charge in [0.05, 0.1) is 5.57 Å². The van der Waals surface area contributed by atoms with Crippen LogP contribution in [0, 0.1) is 23.7 Å². The van der Waals surface area contributed by atoms with E-state index in [9.17, 15) is 14.4 Å². The Morgan fingerprint density at radius 2 is 2.16 bits per heavy atom. The zero-order valence-electron chi connectivity index (χ0n) is 19.3. The first-order valence-electron chi connectivity index (χ1n) is 11.7. The van der Waals surface area contributed by atoms with Gasteiger partial charge in [-0.1, -0.05) is 31.2 Å². The van der Waals surface area contributed by atoms with Crippen molar-refractivity contribution in [2.24, 2.45) is 23.7 Å². The highest BCUT2D eigenvalue weighted by Crippen LogP contribution is 2.49. The Balaban J connectivity index is 1.62. The lowest BCUT2D eigenvalue weighted by molar-refractivity contribution is -0.179. The Labute approximate surface area is 189 Å². The Morgan fingerprint density at radius 1 is 1.38 bits per heavy atom. The minimum atomic E-state index is -1.08. The average molecular weight is 443 g/mol. The number of allylic oxidation sites excluding steroid dienone is 2. The quantitative estimate of drug-likeness (QED) is 0.532. The molecule has 2 unspecified atom stereocenters. The number of likely N-dealkylation sites (tertiary alicyclic amines) is 1. The normalized spacial score (nSPS) is 38.2. The van der Waals surface area contributed by atoms with Crippen molar-refractivity contribution in [3.05, 3.63) is 36.0 Å². The molecule has 0 aromatic heterocycles. The van der Waals surface area contributed by atoms with Gasteiger partial charge in [0.15, 0.2) is 5.72 Å². The van der Waals surface area contributed by atoms with Gasteiger partial charge in [-0.05, 0) is 64.1 Å². The monoisotopic (exact) mass is 442 g/mol. The van der Waals surface area contributed by atoms with Gasteiger partial charge in [0.2, 0.25) is 5.91 Å². The summed E-state index contributed by atoms with van der Waals surface area (Å²) in [6.45, 7) is 9.41. The molecular weight excluding hydrogens is 408 g/mol. The summed E-state index contributed by atoms with van der Waals surface area (Å²) >= 11 is 0. The SMILES string of the molecule is C=C1CCC2[C@@H](C(C)CC(=O)N[C@]2(C)OC(=O)[C@@H]2CCCN2C)[C@H]1/C=C/C1=CCOC1=O. The Hall–Kier alpha value is -2.41. The number of carbonyl (C=O) groups is 3. The number of esters is 2. The van der Waals surface area contributed by atoms with Crippen LogP contribution in [0.3, 0.4) is 0 Å². The van der Waals surface area contributed by atoms with E-state index in [-0.39, 0.29) is 47.6 Å². The molecule has 174 valence electrons. The molecule has 1 N–H and O–H groups in total. The van der Waals surface area contributed by atoms with Gasteiger partial charge in [-0.15, -0.1) is 0 Å². The van der Waals surface area contributed by atoms with Crippen LogP contribution in [-0.4, -0.2) is 54.7 Å². The lowest BCUT2D eigenvalue weighted by Gasteiger charge is -2.47. The van der Waals surface area contributed by atoms with Crippen molar-refractivity contribution in [1.82, 2.24) is 10.2 Å². The standard InChI is InChI=1S/C25H34N2O5/c1-15-7-10-19-22(18(15)9-8-17-11-13-31-23(17)29)16(2)14-21(28)26-25(19,3)32-24(30)20-6-5-12-27(20)4/h8-9,11,16,18-20,22H,1,5-7,10,12-14H2,2-4H3,(H,26,28)/b9-8+/t16?,18-,19?,20-,22-,25+/m0/s1. The van der Waals surface area contributed by atoms with Gasteiger partial charge in [0.25, 0.3) is 0 Å². The van der Waals surface area contributed by atoms with Gasteiger partial charge in [-0.3, -0.25) is 14.5 Å². The molecule has 1 saturated carbocycles. The molecule has 32 heavy (non-hydrogen) atoms. The van der Waals surface area contributed by atoms with Gasteiger partial charge in [-0.2, -0.15) is 0 Å². The number of amides is 1. The van der Waals surface area contributed by atoms with Crippen LogP contribution in [0.4, 0.5) is 0 Å². The third-order valence-corrected chi connectivity index (χ3v) is 7.73. The van der Waals surface area contributed by atoms with Gasteiger partial charge >= 0.3 is 11.9 Å². The van der Waals surface area contributed by atoms with Crippen molar-refractivity contribution in [2.45, 2.75) is 57.7 Å². The number of hydrogen-bond acceptors (Lipinski definition) is 6. The predicted molar refractivity (Wildman–Crippen MR) is 119 cm³/mol. The fraction of sp³-hybridized carbons (Fsp3) is 0.640. The topological polar surface area (TPSA) is 84.9 Å². The molecule has 0 bridgehead atoms. The van der Waals surface area contributed by atoms with Gasteiger partial charge in [0, 0.05) is 18.3 Å². The van der Waals surface area contributed by atoms with Crippen LogP contribution in [0.5, 0.6) is 0 Å². The molecule has 0 aromatic carbocycles. The summed E-state index contributed by atoms with van der Waals surface area (Å²) in [6, 6.07) is -0.266. The summed E-state index contributed by atoms with van der Waals surface area (Å²) < 4.78 is 11.1. The van der Waals surface area contributed by atoms with Crippen LogP contribution in [0.1, 0.15) is 46.0 Å². The van der Waals surface area contributed by atoms with E-state index in [1.54, 1.807) is 6.08 Å². The number of carbonyl (C=O) groups excluding carboxylic acids is 3. The lowest BCUT2D eigenvalue weighted by atomic mass is 9.62. The van der Waals surface area contributed by atoms with Gasteiger partial charge in [-0.25, -0.2) is 4.79 Å². The molecule has 0 aromatic rings. The summed E-state index contributed by atoms with van der Waals surface area (Å²) in [5.74, 6) is -0.616. The molecule has 7 nitrogen and oxygen atoms in total. The highest BCUT2D eigenvalue weighted by molar-refractivity contribution is 5.93. The first-order valence-corrected chi connectivity index (χ1v) is 11.7. The summed E-state index contributed by atoms with van der Waals surface area (Å²) in [5, 5.41) is 3.05. The van der Waals surface area contributed by atoms with E-state index in [2.05, 4.69) is 18.8 Å². The third-order valence-electron chi connectivity index (χ3n) is 7.73. The predicted octanol–water partition coefficient (Wildman–Crippen LogP) is 2.73. The van der Waals surface area contributed by atoms with Crippen LogP contribution in [0.2, 0.25) is 0 Å². The maximum atomic E-state index is 13.1. The van der Waals surface area contributed by atoms with Crippen molar-refractivity contribution in [1.29, 1.82) is 0 Å². The summed E-state index contributed by atoms with van der Waals surface area (Å²) in [7, 11) is 1.94. The van der Waals surface area contributed by atoms with Crippen molar-refractivity contribution < 1.29 is 23.9 Å². The molecule has 0 radical (unpaired) electrons. The fourth-order valence-corrected chi connectivity index (χ4v) is 6.03. The van der Waals surface area contributed by atoms with Crippen molar-refractivity contribution in [3.8, 4) is 0 Å². The molecule has 3 aliphatic heterocycles. The number of ether oxygens (including phenoxy) is 2. The zero-order valence-corrected chi connectivity index (χ0v) is 19.3. The van der Waals surface area contributed by atoms with E-state index in [4.69, 9.17) is 9.47 Å². The van der Waals surface area contributed by atoms with E-state index in [1.165, 1.54) is 0 Å². The van der Waals surface area contributed by atoms with E-state index >= 15 is 0 Å². The van der Waals surface area contributed by atoms with Gasteiger partial charge in [0.1, 0.15) is 12.6 Å². The molecule has 0 spiro atoms. The average Bonchev–Trinajstić information content (AvgIpc) is 3.31. The van der Waals surface area contributed by atoms with E-state index < -0.39 is 5.72 Å². The Morgan fingerprint density at radius 3 is 2.81 bits per heavy atom. The second-order valence-corrected chi connectivity index (χ2v) is 9.92. The Kier molecular flexibility index (Phi) is 6.30. The zero-order chi connectivity index (χ0) is 23.0. The molecule has 2 saturated heterocycles. The summed E-state index contributed by atoms with van der Waals surface area (Å²) in [4.78, 5) is 39.8. The number of nitrogens with one attached hydrogen (secondary N) is 1. The first kappa shape index (κ1) is 22.8. The molecule has 3 fully saturated rings. The summed E-state index contributed by atoms with van der Waals surface area (Å²) in [5.41, 5.74) is 0.555. The highest BCUT2D eigenvalue weighted by Gasteiger charge is 2.52. The van der Waals surface area contributed by atoms with E-state index in [0.717, 1.165) is 37.8 Å². The largest absolute Gasteiger partial charge is 0.458 e. The number of likely N-dealkylation sites (N-methyl/N-ethyl adjacent to an activating group) is 1. The van der Waals surface area contributed by atoms with Gasteiger partial charge < -0.3 is 14.8 Å². The molecule has 1 aliphatic carbocycles. The molecule has 3 heterocycles. The fourth-order valence-electron chi connectivity index (χ4n) is 6.03. The molecule has 7 heteroatoms. The number of nitrogens with zero attached hydrogens (tertiary/aromatic N) is 1. The van der Waals surface area contributed by atoms with Crippen molar-refractivity contribution >= 4 is 17.8 Å². The maximum Gasteiger partial charge on any atom is 0.338 e. The van der Waals surface area contributed by atoms with E-state index in [1.807, 2.05) is 31.0 Å².